The van der Waals surface area contributed by atoms with Crippen molar-refractivity contribution in [3.8, 4) is 11.5 Å². The summed E-state index contributed by atoms with van der Waals surface area (Å²) in [4.78, 5) is 12.0. The van der Waals surface area contributed by atoms with Gasteiger partial charge in [-0.05, 0) is 41.1 Å². The average Bonchev–Trinajstić information content (AvgIpc) is 2.52. The highest BCUT2D eigenvalue weighted by atomic mass is 79.9. The summed E-state index contributed by atoms with van der Waals surface area (Å²) in [6.45, 7) is 2.19. The lowest BCUT2D eigenvalue weighted by molar-refractivity contribution is 0.0954. The van der Waals surface area contributed by atoms with Crippen LogP contribution in [0.5, 0.6) is 11.5 Å². The van der Waals surface area contributed by atoms with E-state index in [1.807, 2.05) is 6.07 Å². The van der Waals surface area contributed by atoms with Crippen LogP contribution in [0.3, 0.4) is 0 Å². The molecule has 120 valence electrons. The Bertz CT molecular complexity index is 750. The summed E-state index contributed by atoms with van der Waals surface area (Å²) in [6, 6.07) is 10.0. The van der Waals surface area contributed by atoms with Gasteiger partial charge in [-0.25, -0.2) is 5.43 Å². The first-order valence-corrected chi connectivity index (χ1v) is 7.93. The van der Waals surface area contributed by atoms with E-state index in [4.69, 9.17) is 16.3 Å². The van der Waals surface area contributed by atoms with E-state index in [-0.39, 0.29) is 17.4 Å². The Morgan fingerprint density at radius 3 is 2.87 bits per heavy atom. The summed E-state index contributed by atoms with van der Waals surface area (Å²) in [6.07, 6.45) is 1.30. The van der Waals surface area contributed by atoms with Crippen LogP contribution in [-0.2, 0) is 0 Å². The zero-order valence-corrected chi connectivity index (χ0v) is 14.6. The molecular weight excluding hydrogens is 384 g/mol. The number of nitrogens with one attached hydrogen (secondary N) is 1. The molecule has 0 aliphatic carbocycles. The number of hydrogen-bond acceptors (Lipinski definition) is 4. The lowest BCUT2D eigenvalue weighted by Crippen LogP contribution is -2.18. The molecule has 5 nitrogen and oxygen atoms in total. The first-order valence-electron chi connectivity index (χ1n) is 6.76. The second-order valence-corrected chi connectivity index (χ2v) is 5.74. The molecular formula is C16H14BrClN2O3. The van der Waals surface area contributed by atoms with Crippen molar-refractivity contribution in [1.29, 1.82) is 0 Å². The van der Waals surface area contributed by atoms with Crippen LogP contribution >= 0.6 is 27.5 Å². The Labute approximate surface area is 147 Å². The molecule has 0 atom stereocenters. The van der Waals surface area contributed by atoms with Gasteiger partial charge in [-0.3, -0.25) is 4.79 Å². The fourth-order valence-electron chi connectivity index (χ4n) is 1.82. The number of amides is 1. The third-order valence-corrected chi connectivity index (χ3v) is 3.77. The van der Waals surface area contributed by atoms with Gasteiger partial charge in [-0.15, -0.1) is 0 Å². The van der Waals surface area contributed by atoms with Crippen LogP contribution in [0.25, 0.3) is 0 Å². The van der Waals surface area contributed by atoms with Crippen molar-refractivity contribution in [2.75, 3.05) is 6.61 Å². The van der Waals surface area contributed by atoms with Crippen molar-refractivity contribution < 1.29 is 14.6 Å². The van der Waals surface area contributed by atoms with E-state index in [0.717, 1.165) is 0 Å². The van der Waals surface area contributed by atoms with Gasteiger partial charge in [0.1, 0.15) is 0 Å². The maximum Gasteiger partial charge on any atom is 0.272 e. The van der Waals surface area contributed by atoms with Crippen molar-refractivity contribution in [2.24, 2.45) is 5.10 Å². The van der Waals surface area contributed by atoms with E-state index < -0.39 is 0 Å². The summed E-state index contributed by atoms with van der Waals surface area (Å²) in [5.74, 6) is -0.200. The number of benzene rings is 2. The molecule has 2 N–H and O–H groups in total. The van der Waals surface area contributed by atoms with Crippen molar-refractivity contribution in [3.05, 3.63) is 57.0 Å². The standard InChI is InChI=1S/C16H14BrClN2O3/c1-2-23-14-8-11(18)7-10(15(14)21)9-19-20-16(22)12-5-3-4-6-13(12)17/h3-9,21H,2H2,1H3,(H,20,22). The van der Waals surface area contributed by atoms with Gasteiger partial charge >= 0.3 is 0 Å². The number of phenolic OH excluding ortho intramolecular Hbond substituents is 1. The third kappa shape index (κ3) is 4.46. The van der Waals surface area contributed by atoms with Gasteiger partial charge in [-0.2, -0.15) is 5.10 Å². The zero-order chi connectivity index (χ0) is 16.8. The molecule has 0 saturated heterocycles. The van der Waals surface area contributed by atoms with E-state index >= 15 is 0 Å². The lowest BCUT2D eigenvalue weighted by Gasteiger charge is -2.08. The summed E-state index contributed by atoms with van der Waals surface area (Å²) in [5.41, 5.74) is 3.19. The average molecular weight is 398 g/mol. The fraction of sp³-hybridized carbons (Fsp3) is 0.125. The molecule has 23 heavy (non-hydrogen) atoms. The lowest BCUT2D eigenvalue weighted by atomic mass is 10.2. The maximum absolute atomic E-state index is 12.0. The highest BCUT2D eigenvalue weighted by Crippen LogP contribution is 2.32. The number of phenols is 1. The highest BCUT2D eigenvalue weighted by Gasteiger charge is 2.10. The predicted octanol–water partition coefficient (Wildman–Crippen LogP) is 3.97. The Kier molecular flexibility index (Phi) is 6.01. The smallest absolute Gasteiger partial charge is 0.272 e. The van der Waals surface area contributed by atoms with Gasteiger partial charge in [0, 0.05) is 21.1 Å². The first-order chi connectivity index (χ1) is 11.0. The fourth-order valence-corrected chi connectivity index (χ4v) is 2.51. The molecule has 0 unspecified atom stereocenters. The summed E-state index contributed by atoms with van der Waals surface area (Å²) in [5, 5.41) is 14.3. The molecule has 1 amide bonds. The monoisotopic (exact) mass is 396 g/mol. The van der Waals surface area contributed by atoms with Crippen LogP contribution in [0.4, 0.5) is 0 Å². The van der Waals surface area contributed by atoms with Crippen molar-refractivity contribution in [1.82, 2.24) is 5.43 Å². The second kappa shape index (κ2) is 7.99. The SMILES string of the molecule is CCOc1cc(Cl)cc(C=NNC(=O)c2ccccc2Br)c1O. The molecule has 2 aromatic carbocycles. The molecule has 7 heteroatoms. The van der Waals surface area contributed by atoms with Crippen molar-refractivity contribution >= 4 is 39.7 Å². The molecule has 2 aromatic rings. The Hall–Kier alpha value is -2.05. The third-order valence-electron chi connectivity index (χ3n) is 2.86. The molecule has 0 aliphatic rings. The first kappa shape index (κ1) is 17.3. The van der Waals surface area contributed by atoms with Gasteiger partial charge in [-0.1, -0.05) is 23.7 Å². The minimum Gasteiger partial charge on any atom is -0.504 e. The maximum atomic E-state index is 12.0. The number of aromatic hydroxyl groups is 1. The van der Waals surface area contributed by atoms with Crippen LogP contribution in [0.1, 0.15) is 22.8 Å². The van der Waals surface area contributed by atoms with Crippen LogP contribution < -0.4 is 10.2 Å². The van der Waals surface area contributed by atoms with Gasteiger partial charge in [0.15, 0.2) is 11.5 Å². The molecule has 2 rings (SSSR count). The van der Waals surface area contributed by atoms with Crippen LogP contribution in [0.2, 0.25) is 5.02 Å². The molecule has 0 aromatic heterocycles. The number of rotatable bonds is 5. The topological polar surface area (TPSA) is 70.9 Å². The number of halogens is 2. The molecule has 0 saturated carbocycles. The molecule has 0 bridgehead atoms. The molecule has 0 spiro atoms. The van der Waals surface area contributed by atoms with Crippen LogP contribution in [0.15, 0.2) is 46.0 Å². The molecule has 0 aliphatic heterocycles. The van der Waals surface area contributed by atoms with Crippen molar-refractivity contribution in [2.45, 2.75) is 6.92 Å². The van der Waals surface area contributed by atoms with E-state index in [9.17, 15) is 9.90 Å². The number of carbonyl (C=O) groups excluding carboxylic acids is 1. The number of hydrogen-bond donors (Lipinski definition) is 2. The zero-order valence-electron chi connectivity index (χ0n) is 12.2. The quantitative estimate of drug-likeness (QED) is 0.592. The molecule has 0 heterocycles. The van der Waals surface area contributed by atoms with Crippen molar-refractivity contribution in [3.63, 3.8) is 0 Å². The number of ether oxygens (including phenoxy) is 1. The van der Waals surface area contributed by atoms with Crippen LogP contribution in [-0.4, -0.2) is 23.8 Å². The predicted molar refractivity (Wildman–Crippen MR) is 93.5 cm³/mol. The largest absolute Gasteiger partial charge is 0.504 e. The Morgan fingerprint density at radius 1 is 1.43 bits per heavy atom. The number of nitrogens with zero attached hydrogens (tertiary/aromatic N) is 1. The van der Waals surface area contributed by atoms with Gasteiger partial charge in [0.25, 0.3) is 5.91 Å². The molecule has 0 fully saturated rings. The minimum absolute atomic E-state index is 0.0878. The summed E-state index contributed by atoms with van der Waals surface area (Å²) in [7, 11) is 0. The van der Waals surface area contributed by atoms with E-state index in [1.54, 1.807) is 25.1 Å². The summed E-state index contributed by atoms with van der Waals surface area (Å²) < 4.78 is 5.94. The van der Waals surface area contributed by atoms with Gasteiger partial charge in [0.05, 0.1) is 18.4 Å². The van der Waals surface area contributed by atoms with E-state index in [0.29, 0.717) is 27.2 Å². The normalized spacial score (nSPS) is 10.7. The Balaban J connectivity index is 2.15. The highest BCUT2D eigenvalue weighted by molar-refractivity contribution is 9.10. The van der Waals surface area contributed by atoms with Gasteiger partial charge < -0.3 is 9.84 Å². The van der Waals surface area contributed by atoms with E-state index in [1.165, 1.54) is 18.3 Å². The van der Waals surface area contributed by atoms with E-state index in [2.05, 4.69) is 26.5 Å². The number of carbonyl (C=O) groups is 1. The van der Waals surface area contributed by atoms with Gasteiger partial charge in [0.2, 0.25) is 0 Å². The minimum atomic E-state index is -0.375. The Morgan fingerprint density at radius 2 is 2.17 bits per heavy atom. The summed E-state index contributed by atoms with van der Waals surface area (Å²) >= 11 is 9.26. The van der Waals surface area contributed by atoms with Crippen LogP contribution in [0, 0.1) is 0 Å². The second-order valence-electron chi connectivity index (χ2n) is 4.45. The number of hydrazone groups is 1. The molecule has 0 radical (unpaired) electrons.